The SMILES string of the molecule is CC(=O)c1ccc(NC(=O)NC(C)Cc2cc(C)[nH]n2)cc1C. The Morgan fingerprint density at radius 3 is 2.57 bits per heavy atom. The van der Waals surface area contributed by atoms with E-state index in [-0.39, 0.29) is 17.9 Å². The molecule has 1 aromatic heterocycles. The van der Waals surface area contributed by atoms with Crippen LogP contribution in [0.2, 0.25) is 0 Å². The first kappa shape index (κ1) is 16.7. The van der Waals surface area contributed by atoms with Crippen LogP contribution in [0.25, 0.3) is 0 Å². The second-order valence-electron chi connectivity index (χ2n) is 5.83. The summed E-state index contributed by atoms with van der Waals surface area (Å²) in [7, 11) is 0. The lowest BCUT2D eigenvalue weighted by atomic mass is 10.1. The van der Waals surface area contributed by atoms with E-state index >= 15 is 0 Å². The van der Waals surface area contributed by atoms with E-state index in [1.807, 2.05) is 26.8 Å². The standard InChI is InChI=1S/C17H22N4O2/c1-10-7-14(5-6-16(10)13(4)22)19-17(23)18-11(2)8-15-9-12(3)20-21-15/h5-7,9,11H,8H2,1-4H3,(H,20,21)(H2,18,19,23). The molecule has 1 aromatic carbocycles. The molecule has 6 heteroatoms. The highest BCUT2D eigenvalue weighted by Gasteiger charge is 2.11. The van der Waals surface area contributed by atoms with Gasteiger partial charge in [0.2, 0.25) is 0 Å². The van der Waals surface area contributed by atoms with Crippen molar-refractivity contribution in [3.63, 3.8) is 0 Å². The van der Waals surface area contributed by atoms with Crippen LogP contribution in [0.5, 0.6) is 0 Å². The number of urea groups is 1. The normalized spacial score (nSPS) is 11.8. The van der Waals surface area contributed by atoms with Gasteiger partial charge in [-0.1, -0.05) is 0 Å². The predicted octanol–water partition coefficient (Wildman–Crippen LogP) is 2.98. The number of hydrogen-bond acceptors (Lipinski definition) is 3. The van der Waals surface area contributed by atoms with Gasteiger partial charge in [0, 0.05) is 29.4 Å². The Balaban J connectivity index is 1.91. The third-order valence-corrected chi connectivity index (χ3v) is 3.52. The van der Waals surface area contributed by atoms with Crippen molar-refractivity contribution >= 4 is 17.5 Å². The Morgan fingerprint density at radius 2 is 2.00 bits per heavy atom. The zero-order chi connectivity index (χ0) is 17.0. The number of carbonyl (C=O) groups excluding carboxylic acids is 2. The van der Waals surface area contributed by atoms with Crippen molar-refractivity contribution in [2.24, 2.45) is 0 Å². The van der Waals surface area contributed by atoms with Gasteiger partial charge in [-0.05, 0) is 57.5 Å². The summed E-state index contributed by atoms with van der Waals surface area (Å²) in [4.78, 5) is 23.4. The Bertz CT molecular complexity index is 721. The summed E-state index contributed by atoms with van der Waals surface area (Å²) in [6.07, 6.45) is 0.653. The van der Waals surface area contributed by atoms with Crippen molar-refractivity contribution < 1.29 is 9.59 Å². The van der Waals surface area contributed by atoms with E-state index < -0.39 is 0 Å². The number of ketones is 1. The van der Waals surface area contributed by atoms with E-state index in [4.69, 9.17) is 0 Å². The van der Waals surface area contributed by atoms with Crippen molar-refractivity contribution in [2.75, 3.05) is 5.32 Å². The van der Waals surface area contributed by atoms with Gasteiger partial charge in [-0.2, -0.15) is 5.10 Å². The summed E-state index contributed by atoms with van der Waals surface area (Å²) < 4.78 is 0. The molecule has 1 heterocycles. The number of aromatic amines is 1. The van der Waals surface area contributed by atoms with Gasteiger partial charge in [-0.15, -0.1) is 0 Å². The molecular weight excluding hydrogens is 292 g/mol. The van der Waals surface area contributed by atoms with Crippen LogP contribution in [0.1, 0.15) is 41.2 Å². The zero-order valence-corrected chi connectivity index (χ0v) is 13.9. The fourth-order valence-corrected chi connectivity index (χ4v) is 2.47. The first-order chi connectivity index (χ1) is 10.8. The van der Waals surface area contributed by atoms with Gasteiger partial charge in [0.25, 0.3) is 0 Å². The Labute approximate surface area is 135 Å². The molecule has 6 nitrogen and oxygen atoms in total. The van der Waals surface area contributed by atoms with Gasteiger partial charge >= 0.3 is 6.03 Å². The molecule has 0 saturated heterocycles. The summed E-state index contributed by atoms with van der Waals surface area (Å²) in [6, 6.07) is 6.88. The highest BCUT2D eigenvalue weighted by atomic mass is 16.2. The first-order valence-electron chi connectivity index (χ1n) is 7.55. The van der Waals surface area contributed by atoms with Crippen LogP contribution in [-0.4, -0.2) is 28.1 Å². The van der Waals surface area contributed by atoms with E-state index in [9.17, 15) is 9.59 Å². The lowest BCUT2D eigenvalue weighted by Crippen LogP contribution is -2.37. The number of Topliss-reactive ketones (excluding diaryl/α,β-unsaturated/α-hetero) is 1. The number of nitrogens with zero attached hydrogens (tertiary/aromatic N) is 1. The Hall–Kier alpha value is -2.63. The van der Waals surface area contributed by atoms with E-state index in [0.717, 1.165) is 17.0 Å². The fraction of sp³-hybridized carbons (Fsp3) is 0.353. The molecule has 0 saturated carbocycles. The maximum Gasteiger partial charge on any atom is 0.319 e. The van der Waals surface area contributed by atoms with E-state index in [0.29, 0.717) is 17.7 Å². The number of H-pyrrole nitrogens is 1. The maximum atomic E-state index is 12.0. The third-order valence-electron chi connectivity index (χ3n) is 3.52. The van der Waals surface area contributed by atoms with Crippen LogP contribution >= 0.6 is 0 Å². The van der Waals surface area contributed by atoms with Crippen molar-refractivity contribution in [1.82, 2.24) is 15.5 Å². The Kier molecular flexibility index (Phi) is 5.16. The number of hydrogen-bond donors (Lipinski definition) is 3. The van der Waals surface area contributed by atoms with E-state index in [2.05, 4.69) is 20.8 Å². The lowest BCUT2D eigenvalue weighted by Gasteiger charge is -2.14. The fourth-order valence-electron chi connectivity index (χ4n) is 2.47. The number of aryl methyl sites for hydroxylation is 2. The molecule has 0 aliphatic heterocycles. The minimum absolute atomic E-state index is 0.0152. The molecule has 23 heavy (non-hydrogen) atoms. The summed E-state index contributed by atoms with van der Waals surface area (Å²) in [5, 5.41) is 12.7. The van der Waals surface area contributed by atoms with Crippen LogP contribution < -0.4 is 10.6 Å². The topological polar surface area (TPSA) is 86.9 Å². The van der Waals surface area contributed by atoms with Crippen molar-refractivity contribution in [3.05, 3.63) is 46.8 Å². The number of aromatic nitrogens is 2. The summed E-state index contributed by atoms with van der Waals surface area (Å²) in [5.41, 5.74) is 4.08. The molecule has 0 spiro atoms. The van der Waals surface area contributed by atoms with Crippen LogP contribution in [-0.2, 0) is 6.42 Å². The highest BCUT2D eigenvalue weighted by Crippen LogP contribution is 2.15. The molecule has 0 aliphatic carbocycles. The molecular formula is C17H22N4O2. The van der Waals surface area contributed by atoms with Gasteiger partial charge in [-0.25, -0.2) is 4.79 Å². The minimum atomic E-state index is -0.278. The number of amides is 2. The third kappa shape index (κ3) is 4.67. The van der Waals surface area contributed by atoms with Gasteiger partial charge in [0.05, 0.1) is 5.69 Å². The largest absolute Gasteiger partial charge is 0.335 e. The average molecular weight is 314 g/mol. The van der Waals surface area contributed by atoms with Gasteiger partial charge in [0.1, 0.15) is 0 Å². The molecule has 2 rings (SSSR count). The van der Waals surface area contributed by atoms with Gasteiger partial charge in [0.15, 0.2) is 5.78 Å². The van der Waals surface area contributed by atoms with Crippen LogP contribution in [0.15, 0.2) is 24.3 Å². The maximum absolute atomic E-state index is 12.0. The molecule has 1 unspecified atom stereocenters. The predicted molar refractivity (Wildman–Crippen MR) is 89.8 cm³/mol. The second-order valence-corrected chi connectivity index (χ2v) is 5.83. The smallest absolute Gasteiger partial charge is 0.319 e. The molecule has 3 N–H and O–H groups in total. The van der Waals surface area contributed by atoms with E-state index in [1.54, 1.807) is 18.2 Å². The van der Waals surface area contributed by atoms with Gasteiger partial charge in [-0.3, -0.25) is 9.89 Å². The number of benzene rings is 1. The Morgan fingerprint density at radius 1 is 1.26 bits per heavy atom. The number of carbonyl (C=O) groups is 2. The highest BCUT2D eigenvalue weighted by molar-refractivity contribution is 5.96. The lowest BCUT2D eigenvalue weighted by molar-refractivity contribution is 0.101. The van der Waals surface area contributed by atoms with Crippen molar-refractivity contribution in [2.45, 2.75) is 40.2 Å². The molecule has 0 fully saturated rings. The van der Waals surface area contributed by atoms with Crippen molar-refractivity contribution in [3.8, 4) is 0 Å². The number of nitrogens with one attached hydrogen (secondary N) is 3. The average Bonchev–Trinajstić information content (AvgIpc) is 2.83. The molecule has 0 bridgehead atoms. The molecule has 2 amide bonds. The minimum Gasteiger partial charge on any atom is -0.335 e. The zero-order valence-electron chi connectivity index (χ0n) is 13.9. The molecule has 2 aromatic rings. The monoisotopic (exact) mass is 314 g/mol. The number of rotatable bonds is 5. The summed E-state index contributed by atoms with van der Waals surface area (Å²) in [5.74, 6) is 0.0152. The molecule has 122 valence electrons. The summed E-state index contributed by atoms with van der Waals surface area (Å²) in [6.45, 7) is 7.24. The molecule has 0 aliphatic rings. The number of anilines is 1. The van der Waals surface area contributed by atoms with Gasteiger partial charge < -0.3 is 10.6 Å². The summed E-state index contributed by atoms with van der Waals surface area (Å²) >= 11 is 0. The van der Waals surface area contributed by atoms with Crippen LogP contribution in [0.4, 0.5) is 10.5 Å². The van der Waals surface area contributed by atoms with Crippen LogP contribution in [0, 0.1) is 13.8 Å². The van der Waals surface area contributed by atoms with Crippen molar-refractivity contribution in [1.29, 1.82) is 0 Å². The van der Waals surface area contributed by atoms with Crippen LogP contribution in [0.3, 0.4) is 0 Å². The molecule has 0 radical (unpaired) electrons. The van der Waals surface area contributed by atoms with E-state index in [1.165, 1.54) is 6.92 Å². The molecule has 1 atom stereocenters. The quantitative estimate of drug-likeness (QED) is 0.741. The first-order valence-corrected chi connectivity index (χ1v) is 7.55. The second kappa shape index (κ2) is 7.09.